The molecule has 0 radical (unpaired) electrons. The predicted molar refractivity (Wildman–Crippen MR) is 204 cm³/mol. The van der Waals surface area contributed by atoms with Gasteiger partial charge < -0.3 is 0 Å². The smallest absolute Gasteiger partial charge is 0.0890 e. The lowest BCUT2D eigenvalue weighted by atomic mass is 9.85. The molecule has 0 spiro atoms. The van der Waals surface area contributed by atoms with Gasteiger partial charge in [0.2, 0.25) is 0 Å². The maximum absolute atomic E-state index is 2.43. The summed E-state index contributed by atoms with van der Waals surface area (Å²) in [5.41, 5.74) is 7.62. The van der Waals surface area contributed by atoms with E-state index in [1.807, 2.05) is 22.7 Å². The topological polar surface area (TPSA) is 0 Å². The molecule has 0 saturated heterocycles. The molecule has 0 amide bonds. The van der Waals surface area contributed by atoms with Crippen LogP contribution in [-0.4, -0.2) is 0 Å². The van der Waals surface area contributed by atoms with Crippen molar-refractivity contribution in [3.63, 3.8) is 0 Å². The van der Waals surface area contributed by atoms with Crippen LogP contribution in [0.4, 0.5) is 0 Å². The first-order valence-electron chi connectivity index (χ1n) is 15.7. The molecule has 0 nitrogen and oxygen atoms in total. The molecular weight excluding hydrogens is 593 g/mol. The molecule has 2 heteroatoms. The molecule has 10 rings (SSSR count). The third kappa shape index (κ3) is 3.84. The zero-order valence-corrected chi connectivity index (χ0v) is 26.5. The lowest BCUT2D eigenvalue weighted by Gasteiger charge is -2.18. The molecule has 0 N–H and O–H groups in total. The van der Waals surface area contributed by atoms with E-state index in [0.29, 0.717) is 0 Å². The highest BCUT2D eigenvalue weighted by Crippen LogP contribution is 2.48. The SMILES string of the molecule is c1cc(-c2cccc3ccccc23)cc(-c2c3ccccc3c(-c3ccc4c(c3)sc3sc5ccccc5c34)c3ccccc23)c1. The van der Waals surface area contributed by atoms with E-state index in [4.69, 9.17) is 0 Å². The maximum Gasteiger partial charge on any atom is 0.0890 e. The van der Waals surface area contributed by atoms with Gasteiger partial charge in [0.15, 0.2) is 0 Å². The molecule has 0 aliphatic heterocycles. The molecule has 0 unspecified atom stereocenters. The lowest BCUT2D eigenvalue weighted by Crippen LogP contribution is -1.91. The second-order valence-electron chi connectivity index (χ2n) is 12.0. The Morgan fingerprint density at radius 1 is 0.326 bits per heavy atom. The fourth-order valence-corrected chi connectivity index (χ4v) is 10.1. The van der Waals surface area contributed by atoms with Crippen LogP contribution in [0.15, 0.2) is 158 Å². The summed E-state index contributed by atoms with van der Waals surface area (Å²) < 4.78 is 4.13. The number of fused-ring (bicyclic) bond motifs is 8. The molecule has 0 atom stereocenters. The Hall–Kier alpha value is -5.28. The number of hydrogen-bond donors (Lipinski definition) is 0. The van der Waals surface area contributed by atoms with Crippen molar-refractivity contribution >= 4 is 84.6 Å². The van der Waals surface area contributed by atoms with Gasteiger partial charge >= 0.3 is 0 Å². The Morgan fingerprint density at radius 2 is 0.848 bits per heavy atom. The minimum atomic E-state index is 1.24. The van der Waals surface area contributed by atoms with Crippen molar-refractivity contribution in [2.75, 3.05) is 0 Å². The molecule has 2 heterocycles. The van der Waals surface area contributed by atoms with Crippen LogP contribution in [-0.2, 0) is 0 Å². The van der Waals surface area contributed by atoms with Crippen LogP contribution in [0.3, 0.4) is 0 Å². The Kier molecular flexibility index (Phi) is 5.72. The van der Waals surface area contributed by atoms with Crippen molar-refractivity contribution in [3.05, 3.63) is 158 Å². The molecule has 0 aliphatic rings. The van der Waals surface area contributed by atoms with Gasteiger partial charge in [0.25, 0.3) is 0 Å². The van der Waals surface area contributed by atoms with Crippen LogP contribution in [0.2, 0.25) is 0 Å². The van der Waals surface area contributed by atoms with Crippen LogP contribution in [0.25, 0.3) is 95.3 Å². The minimum Gasteiger partial charge on any atom is -0.124 e. The Morgan fingerprint density at radius 3 is 1.59 bits per heavy atom. The highest BCUT2D eigenvalue weighted by molar-refractivity contribution is 7.44. The number of benzene rings is 8. The summed E-state index contributed by atoms with van der Waals surface area (Å²) in [7, 11) is 0. The van der Waals surface area contributed by atoms with Gasteiger partial charge in [-0.15, -0.1) is 22.7 Å². The van der Waals surface area contributed by atoms with Gasteiger partial charge in [-0.05, 0) is 83.9 Å². The van der Waals surface area contributed by atoms with E-state index in [1.165, 1.54) is 95.3 Å². The highest BCUT2D eigenvalue weighted by Gasteiger charge is 2.19. The van der Waals surface area contributed by atoms with E-state index >= 15 is 0 Å². The van der Waals surface area contributed by atoms with E-state index in [1.54, 1.807) is 0 Å². The lowest BCUT2D eigenvalue weighted by molar-refractivity contribution is 1.63. The molecule has 2 aromatic heterocycles. The standard InChI is InChI=1S/C44H26S2/c1-2-15-31-27(11-1)12-10-21-32(31)28-13-9-14-29(25-28)41-33-16-3-5-18-35(33)42(36-19-6-4-17-34(36)41)30-23-24-38-40(26-30)46-44-43(38)37-20-7-8-22-39(37)45-44/h1-26H. The van der Waals surface area contributed by atoms with Crippen LogP contribution in [0.1, 0.15) is 0 Å². The van der Waals surface area contributed by atoms with Crippen molar-refractivity contribution in [2.45, 2.75) is 0 Å². The third-order valence-electron chi connectivity index (χ3n) is 9.49. The Bertz CT molecular complexity index is 2750. The van der Waals surface area contributed by atoms with E-state index in [9.17, 15) is 0 Å². The molecule has 8 aromatic carbocycles. The molecule has 0 saturated carbocycles. The van der Waals surface area contributed by atoms with Crippen molar-refractivity contribution in [1.29, 1.82) is 0 Å². The fourth-order valence-electron chi connectivity index (χ4n) is 7.49. The van der Waals surface area contributed by atoms with E-state index in [0.717, 1.165) is 0 Å². The molecule has 0 aliphatic carbocycles. The average Bonchev–Trinajstić information content (AvgIpc) is 3.66. The molecule has 0 bridgehead atoms. The number of thiophene rings is 2. The molecular formula is C44H26S2. The zero-order chi connectivity index (χ0) is 30.2. The van der Waals surface area contributed by atoms with Gasteiger partial charge in [-0.1, -0.05) is 140 Å². The molecule has 46 heavy (non-hydrogen) atoms. The summed E-state index contributed by atoms with van der Waals surface area (Å²) in [6.07, 6.45) is 0. The quantitative estimate of drug-likeness (QED) is 0.173. The monoisotopic (exact) mass is 618 g/mol. The van der Waals surface area contributed by atoms with Crippen molar-refractivity contribution < 1.29 is 0 Å². The summed E-state index contributed by atoms with van der Waals surface area (Å²) in [4.78, 5) is 0. The largest absolute Gasteiger partial charge is 0.124 e. The summed E-state index contributed by atoms with van der Waals surface area (Å²) in [5, 5.41) is 11.8. The number of hydrogen-bond acceptors (Lipinski definition) is 2. The number of rotatable bonds is 3. The Labute approximate surface area is 274 Å². The average molecular weight is 619 g/mol. The van der Waals surface area contributed by atoms with Gasteiger partial charge in [-0.25, -0.2) is 0 Å². The van der Waals surface area contributed by atoms with Crippen molar-refractivity contribution in [1.82, 2.24) is 0 Å². The van der Waals surface area contributed by atoms with E-state index in [-0.39, 0.29) is 0 Å². The van der Waals surface area contributed by atoms with Crippen molar-refractivity contribution in [2.24, 2.45) is 0 Å². The minimum absolute atomic E-state index is 1.24. The van der Waals surface area contributed by atoms with Gasteiger partial charge in [-0.2, -0.15) is 0 Å². The predicted octanol–water partition coefficient (Wildman–Crippen LogP) is 13.7. The van der Waals surface area contributed by atoms with E-state index < -0.39 is 0 Å². The van der Waals surface area contributed by atoms with Crippen LogP contribution in [0.5, 0.6) is 0 Å². The van der Waals surface area contributed by atoms with Crippen LogP contribution >= 0.6 is 22.7 Å². The van der Waals surface area contributed by atoms with Gasteiger partial charge in [-0.3, -0.25) is 0 Å². The fraction of sp³-hybridized carbons (Fsp3) is 0. The van der Waals surface area contributed by atoms with Crippen molar-refractivity contribution in [3.8, 4) is 33.4 Å². The molecule has 0 fully saturated rings. The van der Waals surface area contributed by atoms with Gasteiger partial charge in [0.1, 0.15) is 0 Å². The highest BCUT2D eigenvalue weighted by atomic mass is 32.2. The van der Waals surface area contributed by atoms with Crippen LogP contribution < -0.4 is 0 Å². The zero-order valence-electron chi connectivity index (χ0n) is 24.8. The first-order valence-corrected chi connectivity index (χ1v) is 17.3. The summed E-state index contributed by atoms with van der Waals surface area (Å²) in [5.74, 6) is 0. The summed E-state index contributed by atoms with van der Waals surface area (Å²) >= 11 is 3.84. The molecule has 214 valence electrons. The Balaban J connectivity index is 1.22. The second kappa shape index (κ2) is 10.1. The summed E-state index contributed by atoms with van der Waals surface area (Å²) in [6.45, 7) is 0. The maximum atomic E-state index is 2.43. The van der Waals surface area contributed by atoms with E-state index in [2.05, 4.69) is 158 Å². The molecule has 10 aromatic rings. The van der Waals surface area contributed by atoms with Gasteiger partial charge in [0.05, 0.1) is 4.01 Å². The van der Waals surface area contributed by atoms with Crippen LogP contribution in [0, 0.1) is 0 Å². The second-order valence-corrected chi connectivity index (χ2v) is 14.4. The van der Waals surface area contributed by atoms with Gasteiger partial charge in [0, 0.05) is 25.6 Å². The first kappa shape index (κ1) is 26.0. The third-order valence-corrected chi connectivity index (χ3v) is 11.9. The summed E-state index contributed by atoms with van der Waals surface area (Å²) in [6, 6.07) is 58.3. The normalized spacial score (nSPS) is 11.9. The first-order chi connectivity index (χ1) is 22.8.